The van der Waals surface area contributed by atoms with Gasteiger partial charge in [-0.05, 0) is 49.7 Å². The van der Waals surface area contributed by atoms with Crippen LogP contribution in [0.4, 0.5) is 0 Å². The summed E-state index contributed by atoms with van der Waals surface area (Å²) in [6.45, 7) is 3.74. The number of nitrogens with zero attached hydrogens (tertiary/aromatic N) is 4. The number of amides is 2. The maximum absolute atomic E-state index is 13.1. The molecule has 41 heavy (non-hydrogen) atoms. The Bertz CT molecular complexity index is 1640. The fourth-order valence-electron chi connectivity index (χ4n) is 4.65. The van der Waals surface area contributed by atoms with Crippen molar-refractivity contribution in [3.05, 3.63) is 94.6 Å². The number of benzene rings is 3. The number of carbonyl (C=O) groups excluding carboxylic acids is 2. The molecule has 2 heterocycles. The molecular formula is C30H30N6O5. The Balaban J connectivity index is 1.38. The van der Waals surface area contributed by atoms with Crippen LogP contribution in [0.15, 0.2) is 65.7 Å². The number of hydrogen-bond donors (Lipinski definition) is 4. The first-order valence-electron chi connectivity index (χ1n) is 13.0. The minimum absolute atomic E-state index is 0.0578. The summed E-state index contributed by atoms with van der Waals surface area (Å²) in [5, 5.41) is 33.1. The zero-order valence-corrected chi connectivity index (χ0v) is 22.9. The van der Waals surface area contributed by atoms with Crippen LogP contribution >= 0.6 is 0 Å². The number of phenolic OH excluding ortho intramolecular Hbond substituents is 2. The van der Waals surface area contributed by atoms with Crippen LogP contribution in [0, 0.1) is 13.8 Å². The molecule has 2 amide bonds. The number of ether oxygens (including phenoxy) is 1. The van der Waals surface area contributed by atoms with Crippen LogP contribution in [0.2, 0.25) is 0 Å². The molecule has 11 nitrogen and oxygen atoms in total. The summed E-state index contributed by atoms with van der Waals surface area (Å²) >= 11 is 0. The molecule has 1 aliphatic rings. The van der Waals surface area contributed by atoms with Crippen LogP contribution in [0.25, 0.3) is 5.69 Å². The Kier molecular flexibility index (Phi) is 7.68. The zero-order chi connectivity index (χ0) is 29.1. The van der Waals surface area contributed by atoms with Gasteiger partial charge >= 0.3 is 0 Å². The van der Waals surface area contributed by atoms with E-state index in [0.29, 0.717) is 28.7 Å². The maximum atomic E-state index is 13.1. The predicted molar refractivity (Wildman–Crippen MR) is 151 cm³/mol. The summed E-state index contributed by atoms with van der Waals surface area (Å²) in [5.74, 6) is 0.527. The molecule has 0 fully saturated rings. The minimum Gasteiger partial charge on any atom is -0.504 e. The molecule has 4 aromatic rings. The SMILES string of the molecule is COc1ccc2c(c1)C(c1ccc(C)cc1)=NC(CC(=O)NCC(=O)NCc1ccc(O)c(O)c1)c1nnc(C)n1-2. The van der Waals surface area contributed by atoms with Gasteiger partial charge in [-0.15, -0.1) is 10.2 Å². The third-order valence-electron chi connectivity index (χ3n) is 6.81. The highest BCUT2D eigenvalue weighted by atomic mass is 16.5. The lowest BCUT2D eigenvalue weighted by Gasteiger charge is -2.14. The second-order valence-electron chi connectivity index (χ2n) is 9.76. The standard InChI is InChI=1S/C30H30N6O5/c1-17-4-7-20(8-5-17)29-22-13-21(41-3)9-10-24(22)36-18(2)34-35-30(36)23(33-29)14-27(39)32-16-28(40)31-15-19-6-11-25(37)26(38)12-19/h4-13,23,37-38H,14-16H2,1-3H3,(H,31,40)(H,32,39). The van der Waals surface area contributed by atoms with Crippen molar-refractivity contribution in [1.29, 1.82) is 0 Å². The zero-order valence-electron chi connectivity index (χ0n) is 22.9. The van der Waals surface area contributed by atoms with Gasteiger partial charge in [0.1, 0.15) is 17.6 Å². The number of phenols is 2. The minimum atomic E-state index is -0.672. The van der Waals surface area contributed by atoms with Gasteiger partial charge in [-0.3, -0.25) is 19.1 Å². The molecule has 1 atom stereocenters. The van der Waals surface area contributed by atoms with Crippen molar-refractivity contribution < 1.29 is 24.5 Å². The lowest BCUT2D eigenvalue weighted by molar-refractivity contribution is -0.126. The summed E-state index contributed by atoms with van der Waals surface area (Å²) < 4.78 is 7.41. The summed E-state index contributed by atoms with van der Waals surface area (Å²) in [4.78, 5) is 30.5. The van der Waals surface area contributed by atoms with Gasteiger partial charge in [-0.2, -0.15) is 0 Å². The number of nitrogens with one attached hydrogen (secondary N) is 2. The summed E-state index contributed by atoms with van der Waals surface area (Å²) in [6, 6.07) is 17.3. The average Bonchev–Trinajstić information content (AvgIpc) is 3.29. The van der Waals surface area contributed by atoms with Crippen molar-refractivity contribution in [2.75, 3.05) is 13.7 Å². The van der Waals surface area contributed by atoms with E-state index < -0.39 is 11.9 Å². The number of fused-ring (bicyclic) bond motifs is 3. The average molecular weight is 555 g/mol. The molecule has 0 radical (unpaired) electrons. The lowest BCUT2D eigenvalue weighted by Crippen LogP contribution is -2.37. The molecular weight excluding hydrogens is 524 g/mol. The van der Waals surface area contributed by atoms with Gasteiger partial charge in [0.25, 0.3) is 0 Å². The molecule has 0 aliphatic carbocycles. The molecule has 11 heteroatoms. The fraction of sp³-hybridized carbons (Fsp3) is 0.233. The van der Waals surface area contributed by atoms with E-state index in [1.807, 2.05) is 60.9 Å². The van der Waals surface area contributed by atoms with Crippen molar-refractivity contribution in [2.24, 2.45) is 4.99 Å². The molecule has 1 unspecified atom stereocenters. The molecule has 1 aromatic heterocycles. The number of aliphatic imine (C=N–C) groups is 1. The van der Waals surface area contributed by atoms with Gasteiger partial charge < -0.3 is 25.6 Å². The maximum Gasteiger partial charge on any atom is 0.239 e. The smallest absolute Gasteiger partial charge is 0.239 e. The molecule has 5 rings (SSSR count). The van der Waals surface area contributed by atoms with Crippen molar-refractivity contribution in [3.63, 3.8) is 0 Å². The van der Waals surface area contributed by atoms with E-state index in [1.165, 1.54) is 12.1 Å². The molecule has 0 spiro atoms. The van der Waals surface area contributed by atoms with Crippen LogP contribution in [0.5, 0.6) is 17.2 Å². The van der Waals surface area contributed by atoms with Gasteiger partial charge in [0.2, 0.25) is 11.8 Å². The number of carbonyl (C=O) groups is 2. The number of rotatable bonds is 8. The van der Waals surface area contributed by atoms with Gasteiger partial charge in [0.15, 0.2) is 17.3 Å². The highest BCUT2D eigenvalue weighted by Gasteiger charge is 2.30. The van der Waals surface area contributed by atoms with Crippen LogP contribution in [0.1, 0.15) is 46.4 Å². The van der Waals surface area contributed by atoms with Crippen molar-refractivity contribution in [3.8, 4) is 22.9 Å². The van der Waals surface area contributed by atoms with E-state index >= 15 is 0 Å². The van der Waals surface area contributed by atoms with Crippen LogP contribution in [-0.2, 0) is 16.1 Å². The first-order valence-corrected chi connectivity index (χ1v) is 13.0. The Morgan fingerprint density at radius 2 is 1.71 bits per heavy atom. The predicted octanol–water partition coefficient (Wildman–Crippen LogP) is 3.02. The molecule has 0 saturated carbocycles. The summed E-state index contributed by atoms with van der Waals surface area (Å²) in [5.41, 5.74) is 4.92. The monoisotopic (exact) mass is 554 g/mol. The quantitative estimate of drug-likeness (QED) is 0.245. The molecule has 1 aliphatic heterocycles. The number of aryl methyl sites for hydroxylation is 2. The van der Waals surface area contributed by atoms with E-state index in [9.17, 15) is 19.8 Å². The summed E-state index contributed by atoms with van der Waals surface area (Å²) in [6.07, 6.45) is -0.0578. The number of hydrogen-bond acceptors (Lipinski definition) is 8. The number of methoxy groups -OCH3 is 1. The van der Waals surface area contributed by atoms with Crippen molar-refractivity contribution in [1.82, 2.24) is 25.4 Å². The van der Waals surface area contributed by atoms with Gasteiger partial charge in [-0.25, -0.2) is 0 Å². The molecule has 3 aromatic carbocycles. The first kappa shape index (κ1) is 27.4. The fourth-order valence-corrected chi connectivity index (χ4v) is 4.65. The number of aromatic nitrogens is 3. The van der Waals surface area contributed by atoms with Crippen molar-refractivity contribution in [2.45, 2.75) is 32.9 Å². The summed E-state index contributed by atoms with van der Waals surface area (Å²) in [7, 11) is 1.61. The van der Waals surface area contributed by atoms with E-state index in [-0.39, 0.29) is 36.9 Å². The van der Waals surface area contributed by atoms with Crippen molar-refractivity contribution >= 4 is 17.5 Å². The third kappa shape index (κ3) is 5.88. The van der Waals surface area contributed by atoms with Gasteiger partial charge in [0.05, 0.1) is 31.5 Å². The normalized spacial score (nSPS) is 13.8. The van der Waals surface area contributed by atoms with E-state index in [2.05, 4.69) is 20.8 Å². The second-order valence-corrected chi connectivity index (χ2v) is 9.76. The topological polar surface area (TPSA) is 151 Å². The Labute approximate surface area is 236 Å². The Hall–Kier alpha value is -5.19. The highest BCUT2D eigenvalue weighted by molar-refractivity contribution is 6.15. The first-order chi connectivity index (χ1) is 19.7. The van der Waals surface area contributed by atoms with E-state index in [4.69, 9.17) is 9.73 Å². The van der Waals surface area contributed by atoms with Crippen LogP contribution in [0.3, 0.4) is 0 Å². The van der Waals surface area contributed by atoms with E-state index in [1.54, 1.807) is 13.2 Å². The molecule has 0 bridgehead atoms. The number of aromatic hydroxyl groups is 2. The lowest BCUT2D eigenvalue weighted by atomic mass is 9.99. The molecule has 210 valence electrons. The second kappa shape index (κ2) is 11.5. The highest BCUT2D eigenvalue weighted by Crippen LogP contribution is 2.34. The van der Waals surface area contributed by atoms with Crippen LogP contribution < -0.4 is 15.4 Å². The Morgan fingerprint density at radius 3 is 2.44 bits per heavy atom. The van der Waals surface area contributed by atoms with Crippen LogP contribution in [-0.4, -0.2) is 56.2 Å². The largest absolute Gasteiger partial charge is 0.504 e. The van der Waals surface area contributed by atoms with Gasteiger partial charge in [-0.1, -0.05) is 35.9 Å². The Morgan fingerprint density at radius 1 is 0.927 bits per heavy atom. The van der Waals surface area contributed by atoms with Gasteiger partial charge in [0, 0.05) is 17.7 Å². The molecule has 0 saturated heterocycles. The molecule has 4 N–H and O–H groups in total. The van der Waals surface area contributed by atoms with E-state index in [0.717, 1.165) is 22.4 Å². The third-order valence-corrected chi connectivity index (χ3v) is 6.81.